The summed E-state index contributed by atoms with van der Waals surface area (Å²) in [5, 5.41) is 8.37. The standard InChI is InChI=1S/C20H17NO6S/c1-13(21-28(25,26)18-11-10-17(27-18)20(23)24)15-8-5-9-16(12-15)19(22)14-6-3-2-4-7-14/h2-13,21H,1H3,(H,23,24)/t13-/m1/s1. The fraction of sp³-hybridized carbons (Fsp3) is 0.100. The molecule has 0 radical (unpaired) electrons. The van der Waals surface area contributed by atoms with Crippen molar-refractivity contribution in [3.05, 3.63) is 89.2 Å². The maximum atomic E-state index is 12.6. The summed E-state index contributed by atoms with van der Waals surface area (Å²) in [7, 11) is -4.07. The van der Waals surface area contributed by atoms with Crippen LogP contribution in [-0.2, 0) is 10.0 Å². The van der Waals surface area contributed by atoms with Crippen molar-refractivity contribution in [2.24, 2.45) is 0 Å². The van der Waals surface area contributed by atoms with E-state index in [1.165, 1.54) is 0 Å². The van der Waals surface area contributed by atoms with Gasteiger partial charge in [-0.15, -0.1) is 0 Å². The Kier molecular flexibility index (Phi) is 5.43. The van der Waals surface area contributed by atoms with Crippen molar-refractivity contribution in [3.8, 4) is 0 Å². The maximum absolute atomic E-state index is 12.6. The minimum absolute atomic E-state index is 0.172. The first kappa shape index (κ1) is 19.5. The Morgan fingerprint density at radius 2 is 1.64 bits per heavy atom. The van der Waals surface area contributed by atoms with Gasteiger partial charge in [0.1, 0.15) is 0 Å². The van der Waals surface area contributed by atoms with Gasteiger partial charge in [0.2, 0.25) is 10.9 Å². The molecule has 0 bridgehead atoms. The van der Waals surface area contributed by atoms with Crippen molar-refractivity contribution in [1.82, 2.24) is 4.72 Å². The van der Waals surface area contributed by atoms with Crippen LogP contribution in [0, 0.1) is 0 Å². The number of hydrogen-bond acceptors (Lipinski definition) is 5. The predicted molar refractivity (Wildman–Crippen MR) is 101 cm³/mol. The van der Waals surface area contributed by atoms with Crippen LogP contribution in [0.4, 0.5) is 0 Å². The number of carbonyl (C=O) groups is 2. The van der Waals surface area contributed by atoms with Crippen LogP contribution in [0.2, 0.25) is 0 Å². The molecule has 1 atom stereocenters. The van der Waals surface area contributed by atoms with Crippen molar-refractivity contribution >= 4 is 21.8 Å². The zero-order chi connectivity index (χ0) is 20.3. The Labute approximate surface area is 161 Å². The molecule has 28 heavy (non-hydrogen) atoms. The predicted octanol–water partition coefficient (Wildman–Crippen LogP) is 3.25. The number of carbonyl (C=O) groups excluding carboxylic acids is 1. The normalized spacial score (nSPS) is 12.5. The summed E-state index contributed by atoms with van der Waals surface area (Å²) >= 11 is 0. The highest BCUT2D eigenvalue weighted by Crippen LogP contribution is 2.21. The summed E-state index contributed by atoms with van der Waals surface area (Å²) in [5.41, 5.74) is 1.54. The third kappa shape index (κ3) is 4.19. The molecule has 2 aromatic carbocycles. The number of aromatic carboxylic acids is 1. The average molecular weight is 399 g/mol. The second-order valence-corrected chi connectivity index (χ2v) is 7.73. The first-order valence-electron chi connectivity index (χ1n) is 8.33. The van der Waals surface area contributed by atoms with E-state index in [-0.39, 0.29) is 5.78 Å². The summed E-state index contributed by atoms with van der Waals surface area (Å²) in [6.45, 7) is 1.62. The molecule has 1 heterocycles. The molecule has 0 fully saturated rings. The van der Waals surface area contributed by atoms with Crippen LogP contribution in [0.15, 0.2) is 76.2 Å². The lowest BCUT2D eigenvalue weighted by molar-refractivity contribution is 0.0656. The van der Waals surface area contributed by atoms with Gasteiger partial charge in [0, 0.05) is 17.2 Å². The van der Waals surface area contributed by atoms with Crippen molar-refractivity contribution < 1.29 is 27.5 Å². The van der Waals surface area contributed by atoms with E-state index in [1.54, 1.807) is 55.5 Å². The number of sulfonamides is 1. The minimum atomic E-state index is -4.07. The molecule has 2 N–H and O–H groups in total. The molecule has 8 heteroatoms. The lowest BCUT2D eigenvalue weighted by Gasteiger charge is -2.14. The van der Waals surface area contributed by atoms with Crippen LogP contribution >= 0.6 is 0 Å². The molecule has 0 spiro atoms. The smallest absolute Gasteiger partial charge is 0.371 e. The minimum Gasteiger partial charge on any atom is -0.475 e. The van der Waals surface area contributed by atoms with Gasteiger partial charge in [-0.2, -0.15) is 0 Å². The molecule has 3 rings (SSSR count). The molecular weight excluding hydrogens is 382 g/mol. The molecule has 0 unspecified atom stereocenters. The molecule has 1 aromatic heterocycles. The fourth-order valence-electron chi connectivity index (χ4n) is 2.64. The van der Waals surface area contributed by atoms with Gasteiger partial charge in [0.15, 0.2) is 5.78 Å². The largest absolute Gasteiger partial charge is 0.475 e. The van der Waals surface area contributed by atoms with Crippen LogP contribution in [-0.4, -0.2) is 25.3 Å². The summed E-state index contributed by atoms with van der Waals surface area (Å²) in [6, 6.07) is 16.9. The Bertz CT molecular complexity index is 1120. The van der Waals surface area contributed by atoms with E-state index in [2.05, 4.69) is 4.72 Å². The Morgan fingerprint density at radius 1 is 0.964 bits per heavy atom. The summed E-state index contributed by atoms with van der Waals surface area (Å²) in [5.74, 6) is -2.00. The number of hydrogen-bond donors (Lipinski definition) is 2. The Balaban J connectivity index is 1.81. The van der Waals surface area contributed by atoms with Crippen molar-refractivity contribution in [1.29, 1.82) is 0 Å². The first-order valence-corrected chi connectivity index (χ1v) is 9.81. The Morgan fingerprint density at radius 3 is 2.29 bits per heavy atom. The number of rotatable bonds is 7. The molecule has 0 aliphatic heterocycles. The number of benzene rings is 2. The molecule has 0 saturated carbocycles. The zero-order valence-electron chi connectivity index (χ0n) is 14.8. The van der Waals surface area contributed by atoms with Crippen molar-refractivity contribution in [2.45, 2.75) is 18.1 Å². The van der Waals surface area contributed by atoms with E-state index >= 15 is 0 Å². The van der Waals surface area contributed by atoms with Gasteiger partial charge in [-0.3, -0.25) is 4.79 Å². The van der Waals surface area contributed by atoms with E-state index in [1.807, 2.05) is 6.07 Å². The number of nitrogens with one attached hydrogen (secondary N) is 1. The van der Waals surface area contributed by atoms with E-state index in [0.717, 1.165) is 12.1 Å². The second kappa shape index (κ2) is 7.79. The van der Waals surface area contributed by atoms with E-state index in [4.69, 9.17) is 9.52 Å². The van der Waals surface area contributed by atoms with Crippen LogP contribution in [0.5, 0.6) is 0 Å². The summed E-state index contributed by atoms with van der Waals surface area (Å²) < 4.78 is 32.1. The molecule has 0 aliphatic carbocycles. The monoisotopic (exact) mass is 399 g/mol. The summed E-state index contributed by atoms with van der Waals surface area (Å²) in [4.78, 5) is 23.4. The average Bonchev–Trinajstić information content (AvgIpc) is 3.19. The third-order valence-corrected chi connectivity index (χ3v) is 5.49. The van der Waals surface area contributed by atoms with Gasteiger partial charge in [-0.05, 0) is 30.7 Å². The number of carboxylic acids is 1. The fourth-order valence-corrected chi connectivity index (χ4v) is 3.81. The van der Waals surface area contributed by atoms with Crippen LogP contribution in [0.3, 0.4) is 0 Å². The van der Waals surface area contributed by atoms with Gasteiger partial charge in [0.05, 0.1) is 0 Å². The van der Waals surface area contributed by atoms with Crippen molar-refractivity contribution in [2.75, 3.05) is 0 Å². The molecule has 0 amide bonds. The lowest BCUT2D eigenvalue weighted by atomic mass is 9.99. The zero-order valence-corrected chi connectivity index (χ0v) is 15.6. The number of carboxylic acid groups (broad SMARTS) is 1. The summed E-state index contributed by atoms with van der Waals surface area (Å²) in [6.07, 6.45) is 0. The molecule has 0 saturated heterocycles. The highest BCUT2D eigenvalue weighted by molar-refractivity contribution is 7.89. The molecule has 7 nitrogen and oxygen atoms in total. The lowest BCUT2D eigenvalue weighted by Crippen LogP contribution is -2.26. The van der Waals surface area contributed by atoms with Gasteiger partial charge >= 0.3 is 5.97 Å². The van der Waals surface area contributed by atoms with Gasteiger partial charge in [0.25, 0.3) is 10.0 Å². The third-order valence-electron chi connectivity index (χ3n) is 4.07. The quantitative estimate of drug-likeness (QED) is 0.590. The van der Waals surface area contributed by atoms with Crippen molar-refractivity contribution in [3.63, 3.8) is 0 Å². The van der Waals surface area contributed by atoms with E-state index < -0.39 is 32.9 Å². The molecule has 144 valence electrons. The van der Waals surface area contributed by atoms with E-state index in [0.29, 0.717) is 16.7 Å². The Hall–Kier alpha value is -3.23. The SMILES string of the molecule is C[C@@H](NS(=O)(=O)c1ccc(C(=O)O)o1)c1cccc(C(=O)c2ccccc2)c1. The second-order valence-electron chi connectivity index (χ2n) is 6.09. The highest BCUT2D eigenvalue weighted by atomic mass is 32.2. The topological polar surface area (TPSA) is 114 Å². The van der Waals surface area contributed by atoms with Crippen LogP contribution in [0.1, 0.15) is 45.0 Å². The number of furan rings is 1. The van der Waals surface area contributed by atoms with Crippen LogP contribution in [0.25, 0.3) is 0 Å². The van der Waals surface area contributed by atoms with Crippen LogP contribution < -0.4 is 4.72 Å². The molecular formula is C20H17NO6S. The van der Waals surface area contributed by atoms with Gasteiger partial charge in [-0.1, -0.05) is 48.5 Å². The molecule has 0 aliphatic rings. The maximum Gasteiger partial charge on any atom is 0.371 e. The first-order chi connectivity index (χ1) is 13.3. The van der Waals surface area contributed by atoms with Gasteiger partial charge in [-0.25, -0.2) is 17.9 Å². The van der Waals surface area contributed by atoms with Gasteiger partial charge < -0.3 is 9.52 Å². The highest BCUT2D eigenvalue weighted by Gasteiger charge is 2.24. The number of ketones is 1. The molecule has 3 aromatic rings. The van der Waals surface area contributed by atoms with E-state index in [9.17, 15) is 18.0 Å².